The number of terminal acetylenes is 1. The first kappa shape index (κ1) is 16.0. The molecule has 1 rings (SSSR count). The van der Waals surface area contributed by atoms with Gasteiger partial charge in [-0.2, -0.15) is 0 Å². The molecule has 104 valence electrons. The Bertz CT molecular complexity index is 403. The maximum atomic E-state index is 9.69. The molecule has 1 atom stereocenters. The number of aliphatic hydroxyl groups excluding tert-OH is 1. The lowest BCUT2D eigenvalue weighted by molar-refractivity contribution is 0.0290. The zero-order valence-corrected chi connectivity index (χ0v) is 11.7. The standard InChI is InChI=1S/C15H20ClNO2/c1-2-3-6-9-17-10-14(18)12-19-11-13-7-4-5-8-15(13)16/h1,4-5,7-8,14,17-18H,3,6,9-12H2. The van der Waals surface area contributed by atoms with Crippen molar-refractivity contribution in [2.45, 2.75) is 25.6 Å². The lowest BCUT2D eigenvalue weighted by Gasteiger charge is -2.12. The van der Waals surface area contributed by atoms with E-state index in [2.05, 4.69) is 11.2 Å². The van der Waals surface area contributed by atoms with Crippen LogP contribution in [-0.4, -0.2) is 30.9 Å². The van der Waals surface area contributed by atoms with Crippen molar-refractivity contribution in [3.8, 4) is 12.3 Å². The van der Waals surface area contributed by atoms with Gasteiger partial charge < -0.3 is 15.2 Å². The van der Waals surface area contributed by atoms with Crippen molar-refractivity contribution in [1.82, 2.24) is 5.32 Å². The lowest BCUT2D eigenvalue weighted by atomic mass is 10.2. The second-order valence-corrected chi connectivity index (χ2v) is 4.68. The number of rotatable bonds is 9. The maximum absolute atomic E-state index is 9.69. The average Bonchev–Trinajstić information content (AvgIpc) is 2.41. The Morgan fingerprint density at radius 1 is 1.42 bits per heavy atom. The molecule has 0 spiro atoms. The molecule has 0 aliphatic heterocycles. The van der Waals surface area contributed by atoms with E-state index in [1.165, 1.54) is 0 Å². The Hall–Kier alpha value is -1.05. The van der Waals surface area contributed by atoms with E-state index in [1.807, 2.05) is 24.3 Å². The number of nitrogens with one attached hydrogen (secondary N) is 1. The van der Waals surface area contributed by atoms with E-state index in [4.69, 9.17) is 22.8 Å². The predicted molar refractivity (Wildman–Crippen MR) is 78.1 cm³/mol. The number of hydrogen-bond acceptors (Lipinski definition) is 3. The summed E-state index contributed by atoms with van der Waals surface area (Å²) in [5.41, 5.74) is 0.929. The van der Waals surface area contributed by atoms with Crippen LogP contribution in [0.1, 0.15) is 18.4 Å². The summed E-state index contributed by atoms with van der Waals surface area (Å²) in [7, 11) is 0. The first-order valence-corrected chi connectivity index (χ1v) is 6.75. The molecule has 1 aromatic carbocycles. The number of aliphatic hydroxyl groups is 1. The van der Waals surface area contributed by atoms with Gasteiger partial charge in [-0.15, -0.1) is 12.3 Å². The van der Waals surface area contributed by atoms with Gasteiger partial charge in [0.05, 0.1) is 19.3 Å². The van der Waals surface area contributed by atoms with Gasteiger partial charge in [-0.25, -0.2) is 0 Å². The molecule has 0 bridgehead atoms. The minimum Gasteiger partial charge on any atom is -0.389 e. The minimum atomic E-state index is -0.520. The Labute approximate surface area is 119 Å². The number of unbranched alkanes of at least 4 members (excludes halogenated alkanes) is 1. The van der Waals surface area contributed by atoms with Crippen LogP contribution in [0, 0.1) is 12.3 Å². The molecule has 0 aliphatic carbocycles. The van der Waals surface area contributed by atoms with Gasteiger partial charge in [0.1, 0.15) is 0 Å². The third-order valence-electron chi connectivity index (χ3n) is 2.58. The fourth-order valence-corrected chi connectivity index (χ4v) is 1.75. The summed E-state index contributed by atoms with van der Waals surface area (Å²) in [6.45, 7) is 2.01. The summed E-state index contributed by atoms with van der Waals surface area (Å²) in [5, 5.41) is 13.5. The molecular formula is C15H20ClNO2. The van der Waals surface area contributed by atoms with Crippen LogP contribution in [0.5, 0.6) is 0 Å². The van der Waals surface area contributed by atoms with Crippen molar-refractivity contribution in [1.29, 1.82) is 0 Å². The molecule has 4 heteroatoms. The van der Waals surface area contributed by atoms with Crippen LogP contribution in [0.2, 0.25) is 5.02 Å². The maximum Gasteiger partial charge on any atom is 0.0897 e. The summed E-state index contributed by atoms with van der Waals surface area (Å²) >= 11 is 6.00. The SMILES string of the molecule is C#CCCCNCC(O)COCc1ccccc1Cl. The molecule has 0 fully saturated rings. The largest absolute Gasteiger partial charge is 0.389 e. The average molecular weight is 282 g/mol. The monoisotopic (exact) mass is 281 g/mol. The van der Waals surface area contributed by atoms with Crippen LogP contribution in [-0.2, 0) is 11.3 Å². The number of hydrogen-bond donors (Lipinski definition) is 2. The van der Waals surface area contributed by atoms with Gasteiger partial charge in [-0.05, 0) is 24.6 Å². The molecule has 0 aromatic heterocycles. The Morgan fingerprint density at radius 3 is 2.95 bits per heavy atom. The highest BCUT2D eigenvalue weighted by molar-refractivity contribution is 6.31. The fourth-order valence-electron chi connectivity index (χ4n) is 1.56. The molecule has 0 saturated heterocycles. The van der Waals surface area contributed by atoms with E-state index in [-0.39, 0.29) is 6.61 Å². The Balaban J connectivity index is 2.09. The van der Waals surface area contributed by atoms with Gasteiger partial charge in [0, 0.05) is 18.0 Å². The van der Waals surface area contributed by atoms with Gasteiger partial charge >= 0.3 is 0 Å². The van der Waals surface area contributed by atoms with Crippen molar-refractivity contribution < 1.29 is 9.84 Å². The van der Waals surface area contributed by atoms with Crippen molar-refractivity contribution in [3.63, 3.8) is 0 Å². The Kier molecular flexibility index (Phi) is 8.28. The molecule has 0 heterocycles. The van der Waals surface area contributed by atoms with Crippen molar-refractivity contribution in [2.24, 2.45) is 0 Å². The van der Waals surface area contributed by atoms with Crippen LogP contribution in [0.3, 0.4) is 0 Å². The van der Waals surface area contributed by atoms with E-state index in [1.54, 1.807) is 0 Å². The molecule has 2 N–H and O–H groups in total. The van der Waals surface area contributed by atoms with Crippen LogP contribution in [0.4, 0.5) is 0 Å². The lowest BCUT2D eigenvalue weighted by Crippen LogP contribution is -2.30. The van der Waals surface area contributed by atoms with E-state index >= 15 is 0 Å². The summed E-state index contributed by atoms with van der Waals surface area (Å²) in [4.78, 5) is 0. The van der Waals surface area contributed by atoms with Gasteiger partial charge in [0.25, 0.3) is 0 Å². The normalized spacial score (nSPS) is 12.1. The molecule has 0 aliphatic rings. The van der Waals surface area contributed by atoms with Gasteiger partial charge in [0.15, 0.2) is 0 Å². The van der Waals surface area contributed by atoms with E-state index in [9.17, 15) is 5.11 Å². The quantitative estimate of drug-likeness (QED) is 0.539. The zero-order chi connectivity index (χ0) is 13.9. The molecule has 0 amide bonds. The molecule has 3 nitrogen and oxygen atoms in total. The summed E-state index contributed by atoms with van der Waals surface area (Å²) in [5.74, 6) is 2.57. The van der Waals surface area contributed by atoms with E-state index in [0.29, 0.717) is 18.2 Å². The van der Waals surface area contributed by atoms with Gasteiger partial charge in [-0.1, -0.05) is 29.8 Å². The zero-order valence-electron chi connectivity index (χ0n) is 10.9. The third-order valence-corrected chi connectivity index (χ3v) is 2.95. The summed E-state index contributed by atoms with van der Waals surface area (Å²) < 4.78 is 5.43. The second kappa shape index (κ2) is 9.82. The smallest absolute Gasteiger partial charge is 0.0897 e. The molecule has 0 radical (unpaired) electrons. The molecule has 1 unspecified atom stereocenters. The van der Waals surface area contributed by atoms with Crippen molar-refractivity contribution in [2.75, 3.05) is 19.7 Å². The van der Waals surface area contributed by atoms with E-state index in [0.717, 1.165) is 24.9 Å². The number of ether oxygens (including phenoxy) is 1. The number of benzene rings is 1. The van der Waals surface area contributed by atoms with Crippen LogP contribution >= 0.6 is 11.6 Å². The highest BCUT2D eigenvalue weighted by atomic mass is 35.5. The second-order valence-electron chi connectivity index (χ2n) is 4.27. The predicted octanol–water partition coefficient (Wildman–Crippen LogP) is 2.22. The van der Waals surface area contributed by atoms with Crippen LogP contribution in [0.15, 0.2) is 24.3 Å². The van der Waals surface area contributed by atoms with Crippen LogP contribution < -0.4 is 5.32 Å². The van der Waals surface area contributed by atoms with E-state index < -0.39 is 6.10 Å². The minimum absolute atomic E-state index is 0.285. The topological polar surface area (TPSA) is 41.5 Å². The highest BCUT2D eigenvalue weighted by Gasteiger charge is 2.05. The summed E-state index contributed by atoms with van der Waals surface area (Å²) in [6, 6.07) is 7.52. The molecular weight excluding hydrogens is 262 g/mol. The van der Waals surface area contributed by atoms with Crippen LogP contribution in [0.25, 0.3) is 0 Å². The first-order chi connectivity index (χ1) is 9.24. The number of halogens is 1. The summed E-state index contributed by atoms with van der Waals surface area (Å²) in [6.07, 6.45) is 6.30. The van der Waals surface area contributed by atoms with Gasteiger partial charge in [0.2, 0.25) is 0 Å². The Morgan fingerprint density at radius 2 is 2.21 bits per heavy atom. The molecule has 19 heavy (non-hydrogen) atoms. The first-order valence-electron chi connectivity index (χ1n) is 6.37. The molecule has 1 aromatic rings. The highest BCUT2D eigenvalue weighted by Crippen LogP contribution is 2.15. The third kappa shape index (κ3) is 7.19. The van der Waals surface area contributed by atoms with Crippen molar-refractivity contribution >= 4 is 11.6 Å². The van der Waals surface area contributed by atoms with Gasteiger partial charge in [-0.3, -0.25) is 0 Å². The molecule has 0 saturated carbocycles. The van der Waals surface area contributed by atoms with Crippen molar-refractivity contribution in [3.05, 3.63) is 34.9 Å². The fraction of sp³-hybridized carbons (Fsp3) is 0.467.